The number of benzene rings is 2. The lowest BCUT2D eigenvalue weighted by Gasteiger charge is -2.22. The summed E-state index contributed by atoms with van der Waals surface area (Å²) in [6, 6.07) is 14.7. The van der Waals surface area contributed by atoms with Crippen molar-refractivity contribution in [2.45, 2.75) is 18.9 Å². The maximum absolute atomic E-state index is 13.0. The number of thiazole rings is 1. The van der Waals surface area contributed by atoms with Gasteiger partial charge < -0.3 is 0 Å². The van der Waals surface area contributed by atoms with Gasteiger partial charge in [0, 0.05) is 28.0 Å². The highest BCUT2D eigenvalue weighted by atomic mass is 35.5. The highest BCUT2D eigenvalue weighted by Gasteiger charge is 2.33. The van der Waals surface area contributed by atoms with Gasteiger partial charge in [0.15, 0.2) is 0 Å². The molecule has 1 aliphatic rings. The molecule has 2 heterocycles. The molecule has 0 saturated heterocycles. The Labute approximate surface area is 171 Å². The van der Waals surface area contributed by atoms with Gasteiger partial charge in [-0.2, -0.15) is 5.10 Å². The number of amides is 1. The number of carbonyl (C=O) groups is 1. The summed E-state index contributed by atoms with van der Waals surface area (Å²) in [5, 5.41) is 10.3. The summed E-state index contributed by atoms with van der Waals surface area (Å²) in [7, 11) is 0. The number of hydrogen-bond donors (Lipinski definition) is 0. The molecule has 1 atom stereocenters. The molecular formula is C20H15Cl2N3OS. The summed E-state index contributed by atoms with van der Waals surface area (Å²) in [6.45, 7) is 0. The highest BCUT2D eigenvalue weighted by Crippen LogP contribution is 2.34. The van der Waals surface area contributed by atoms with E-state index in [9.17, 15) is 4.79 Å². The zero-order valence-corrected chi connectivity index (χ0v) is 16.5. The minimum atomic E-state index is -0.166. The van der Waals surface area contributed by atoms with Gasteiger partial charge in [0.25, 0.3) is 0 Å². The zero-order valence-electron chi connectivity index (χ0n) is 14.2. The fourth-order valence-corrected chi connectivity index (χ4v) is 3.92. The van der Waals surface area contributed by atoms with E-state index >= 15 is 0 Å². The van der Waals surface area contributed by atoms with E-state index in [2.05, 4.69) is 10.1 Å². The average molecular weight is 416 g/mol. The summed E-state index contributed by atoms with van der Waals surface area (Å²) < 4.78 is 0. The van der Waals surface area contributed by atoms with E-state index in [0.717, 1.165) is 21.8 Å². The molecule has 0 radical (unpaired) electrons. The molecule has 1 amide bonds. The quantitative estimate of drug-likeness (QED) is 0.574. The molecule has 0 bridgehead atoms. The first-order valence-corrected chi connectivity index (χ1v) is 10.0. The molecule has 3 aromatic rings. The molecule has 136 valence electrons. The molecular weight excluding hydrogens is 401 g/mol. The van der Waals surface area contributed by atoms with Crippen LogP contribution in [0.25, 0.3) is 0 Å². The molecule has 0 spiro atoms. The van der Waals surface area contributed by atoms with Crippen molar-refractivity contribution in [3.63, 3.8) is 0 Å². The first-order valence-electron chi connectivity index (χ1n) is 8.39. The lowest BCUT2D eigenvalue weighted by molar-refractivity contribution is -0.132. The minimum absolute atomic E-state index is 0.0659. The third-order valence-electron chi connectivity index (χ3n) is 4.37. The van der Waals surface area contributed by atoms with Crippen LogP contribution in [0.15, 0.2) is 65.2 Å². The number of hydrogen-bond acceptors (Lipinski definition) is 4. The maximum atomic E-state index is 13.0. The van der Waals surface area contributed by atoms with Crippen LogP contribution in [0.2, 0.25) is 10.0 Å². The Morgan fingerprint density at radius 2 is 1.74 bits per heavy atom. The number of carbonyl (C=O) groups excluding carboxylic acids is 1. The number of hydrazone groups is 1. The van der Waals surface area contributed by atoms with E-state index in [4.69, 9.17) is 23.2 Å². The standard InChI is InChI=1S/C20H15Cl2N3OS/c21-15-5-1-13(2-6-15)11-19(26)25-18(14-3-7-16(22)8-4-14)12-17(24-25)20-23-9-10-27-20/h1-10,18H,11-12H2. The fourth-order valence-electron chi connectivity index (χ4n) is 3.04. The van der Waals surface area contributed by atoms with Crippen LogP contribution in [0, 0.1) is 0 Å². The van der Waals surface area contributed by atoms with E-state index in [1.807, 2.05) is 41.8 Å². The lowest BCUT2D eigenvalue weighted by Crippen LogP contribution is -2.28. The SMILES string of the molecule is O=C(Cc1ccc(Cl)cc1)N1N=C(c2nccs2)CC1c1ccc(Cl)cc1. The third kappa shape index (κ3) is 4.05. The fraction of sp³-hybridized carbons (Fsp3) is 0.150. The van der Waals surface area contributed by atoms with Crippen molar-refractivity contribution in [1.29, 1.82) is 0 Å². The van der Waals surface area contributed by atoms with Crippen LogP contribution >= 0.6 is 34.5 Å². The van der Waals surface area contributed by atoms with Gasteiger partial charge >= 0.3 is 0 Å². The molecule has 1 aliphatic heterocycles. The molecule has 7 heteroatoms. The third-order valence-corrected chi connectivity index (χ3v) is 5.69. The van der Waals surface area contributed by atoms with Gasteiger partial charge in [-0.15, -0.1) is 11.3 Å². The Morgan fingerprint density at radius 1 is 1.07 bits per heavy atom. The Balaban J connectivity index is 1.62. The van der Waals surface area contributed by atoms with Gasteiger partial charge in [0.2, 0.25) is 5.91 Å². The van der Waals surface area contributed by atoms with Gasteiger partial charge in [0.1, 0.15) is 5.01 Å². The monoisotopic (exact) mass is 415 g/mol. The molecule has 2 aromatic carbocycles. The van der Waals surface area contributed by atoms with Gasteiger partial charge in [-0.3, -0.25) is 4.79 Å². The second-order valence-electron chi connectivity index (χ2n) is 6.20. The summed E-state index contributed by atoms with van der Waals surface area (Å²) in [5.74, 6) is -0.0659. The van der Waals surface area contributed by atoms with Crippen molar-refractivity contribution in [3.8, 4) is 0 Å². The van der Waals surface area contributed by atoms with Crippen LogP contribution in [0.5, 0.6) is 0 Å². The van der Waals surface area contributed by atoms with E-state index < -0.39 is 0 Å². The van der Waals surface area contributed by atoms with Crippen molar-refractivity contribution in [2.24, 2.45) is 5.10 Å². The van der Waals surface area contributed by atoms with Crippen LogP contribution in [0.3, 0.4) is 0 Å². The van der Waals surface area contributed by atoms with Crippen LogP contribution in [-0.4, -0.2) is 21.6 Å². The van der Waals surface area contributed by atoms with Crippen molar-refractivity contribution in [2.75, 3.05) is 0 Å². The lowest BCUT2D eigenvalue weighted by atomic mass is 10.0. The first kappa shape index (κ1) is 18.2. The smallest absolute Gasteiger partial charge is 0.247 e. The normalized spacial score (nSPS) is 16.4. The summed E-state index contributed by atoms with van der Waals surface area (Å²) in [6.07, 6.45) is 2.63. The Kier molecular flexibility index (Phi) is 5.25. The highest BCUT2D eigenvalue weighted by molar-refractivity contribution is 7.11. The van der Waals surface area contributed by atoms with Crippen LogP contribution in [0.1, 0.15) is 28.6 Å². The molecule has 0 fully saturated rings. The van der Waals surface area contributed by atoms with Crippen molar-refractivity contribution < 1.29 is 4.79 Å². The Hall–Kier alpha value is -2.21. The molecule has 1 aromatic heterocycles. The molecule has 0 saturated carbocycles. The topological polar surface area (TPSA) is 45.6 Å². The van der Waals surface area contributed by atoms with Gasteiger partial charge in [0.05, 0.1) is 18.2 Å². The molecule has 27 heavy (non-hydrogen) atoms. The molecule has 1 unspecified atom stereocenters. The predicted molar refractivity (Wildman–Crippen MR) is 109 cm³/mol. The maximum Gasteiger partial charge on any atom is 0.247 e. The predicted octanol–water partition coefficient (Wildman–Crippen LogP) is 5.37. The van der Waals surface area contributed by atoms with Crippen LogP contribution < -0.4 is 0 Å². The van der Waals surface area contributed by atoms with Crippen molar-refractivity contribution in [3.05, 3.63) is 86.3 Å². The molecule has 4 rings (SSSR count). The molecule has 4 nitrogen and oxygen atoms in total. The zero-order chi connectivity index (χ0) is 18.8. The summed E-state index contributed by atoms with van der Waals surface area (Å²) in [5.41, 5.74) is 2.73. The summed E-state index contributed by atoms with van der Waals surface area (Å²) >= 11 is 13.5. The van der Waals surface area contributed by atoms with Crippen molar-refractivity contribution in [1.82, 2.24) is 9.99 Å². The van der Waals surface area contributed by atoms with Gasteiger partial charge in [-0.1, -0.05) is 47.5 Å². The average Bonchev–Trinajstić information content (AvgIpc) is 3.33. The summed E-state index contributed by atoms with van der Waals surface area (Å²) in [4.78, 5) is 17.4. The first-order chi connectivity index (χ1) is 13.1. The van der Waals surface area contributed by atoms with Crippen LogP contribution in [-0.2, 0) is 11.2 Å². The van der Waals surface area contributed by atoms with Gasteiger partial charge in [-0.05, 0) is 35.4 Å². The number of nitrogens with zero attached hydrogens (tertiary/aromatic N) is 3. The Morgan fingerprint density at radius 3 is 2.37 bits per heavy atom. The van der Waals surface area contributed by atoms with E-state index in [-0.39, 0.29) is 18.4 Å². The van der Waals surface area contributed by atoms with Gasteiger partial charge in [-0.25, -0.2) is 9.99 Å². The number of halogens is 2. The van der Waals surface area contributed by atoms with E-state index in [0.29, 0.717) is 16.5 Å². The second-order valence-corrected chi connectivity index (χ2v) is 7.96. The Bertz CT molecular complexity index is 969. The number of rotatable bonds is 4. The largest absolute Gasteiger partial charge is 0.273 e. The minimum Gasteiger partial charge on any atom is -0.273 e. The molecule has 0 aliphatic carbocycles. The van der Waals surface area contributed by atoms with Crippen molar-refractivity contribution >= 4 is 46.2 Å². The van der Waals surface area contributed by atoms with Crippen LogP contribution in [0.4, 0.5) is 0 Å². The second kappa shape index (κ2) is 7.80. The van der Waals surface area contributed by atoms with E-state index in [1.54, 1.807) is 23.3 Å². The van der Waals surface area contributed by atoms with E-state index in [1.165, 1.54) is 11.3 Å². The molecule has 0 N–H and O–H groups in total. The number of aromatic nitrogens is 1.